The Morgan fingerprint density at radius 3 is 3.06 bits per heavy atom. The van der Waals surface area contributed by atoms with Crippen LogP contribution in [0.15, 0.2) is 22.8 Å². The topological polar surface area (TPSA) is 54.6 Å². The van der Waals surface area contributed by atoms with Crippen LogP contribution in [0.2, 0.25) is 0 Å². The van der Waals surface area contributed by atoms with E-state index in [2.05, 4.69) is 5.32 Å². The van der Waals surface area contributed by atoms with E-state index in [1.165, 1.54) is 19.3 Å². The van der Waals surface area contributed by atoms with Gasteiger partial charge >= 0.3 is 0 Å². The Bertz CT molecular complexity index is 282. The molecule has 1 heterocycles. The molecule has 0 aliphatic heterocycles. The average molecular weight is 225 g/mol. The maximum Gasteiger partial charge on any atom is 0.129 e. The van der Waals surface area contributed by atoms with Gasteiger partial charge in [0.2, 0.25) is 0 Å². The van der Waals surface area contributed by atoms with Gasteiger partial charge in [-0.1, -0.05) is 6.42 Å². The van der Waals surface area contributed by atoms with Crippen LogP contribution in [-0.2, 0) is 11.3 Å². The summed E-state index contributed by atoms with van der Waals surface area (Å²) in [6.45, 7) is 1.39. The van der Waals surface area contributed by atoms with Crippen LogP contribution >= 0.6 is 0 Å². The van der Waals surface area contributed by atoms with Crippen molar-refractivity contribution in [1.82, 2.24) is 5.32 Å². The molecule has 0 aromatic carbocycles. The number of aliphatic hydroxyl groups excluding tert-OH is 1. The van der Waals surface area contributed by atoms with Gasteiger partial charge in [0.15, 0.2) is 0 Å². The molecule has 1 unspecified atom stereocenters. The number of furan rings is 1. The average Bonchev–Trinajstić information content (AvgIpc) is 2.68. The van der Waals surface area contributed by atoms with Crippen molar-refractivity contribution in [2.24, 2.45) is 0 Å². The van der Waals surface area contributed by atoms with Gasteiger partial charge in [-0.15, -0.1) is 0 Å². The van der Waals surface area contributed by atoms with Gasteiger partial charge in [0.25, 0.3) is 0 Å². The molecule has 1 aliphatic carbocycles. The van der Waals surface area contributed by atoms with Gasteiger partial charge in [0.05, 0.1) is 19.0 Å². The fourth-order valence-electron chi connectivity index (χ4n) is 1.66. The number of nitrogens with one attached hydrogen (secondary N) is 1. The van der Waals surface area contributed by atoms with Gasteiger partial charge in [-0.3, -0.25) is 0 Å². The third kappa shape index (κ3) is 3.63. The van der Waals surface area contributed by atoms with Crippen LogP contribution in [0, 0.1) is 0 Å². The predicted octanol–water partition coefficient (Wildman–Crippen LogP) is 1.30. The minimum Gasteiger partial charge on any atom is -0.467 e. The minimum absolute atomic E-state index is 0.348. The van der Waals surface area contributed by atoms with Crippen molar-refractivity contribution in [2.75, 3.05) is 13.2 Å². The van der Waals surface area contributed by atoms with E-state index >= 15 is 0 Å². The first kappa shape index (κ1) is 11.6. The third-order valence-electron chi connectivity index (χ3n) is 2.88. The highest BCUT2D eigenvalue weighted by molar-refractivity contribution is 4.96. The molecule has 1 saturated carbocycles. The van der Waals surface area contributed by atoms with E-state index in [0.29, 0.717) is 25.8 Å². The summed E-state index contributed by atoms with van der Waals surface area (Å²) in [5.41, 5.74) is 0. The summed E-state index contributed by atoms with van der Waals surface area (Å²) in [6.07, 6.45) is 4.96. The number of aliphatic hydroxyl groups is 1. The fourth-order valence-corrected chi connectivity index (χ4v) is 1.66. The molecule has 1 aromatic heterocycles. The van der Waals surface area contributed by atoms with E-state index in [1.54, 1.807) is 6.26 Å². The molecule has 1 atom stereocenters. The lowest BCUT2D eigenvalue weighted by Crippen LogP contribution is -2.41. The molecule has 1 fully saturated rings. The molecule has 16 heavy (non-hydrogen) atoms. The Hall–Kier alpha value is -0.840. The van der Waals surface area contributed by atoms with Crippen molar-refractivity contribution in [3.8, 4) is 0 Å². The number of ether oxygens (including phenoxy) is 1. The lowest BCUT2D eigenvalue weighted by atomic mass is 9.93. The van der Waals surface area contributed by atoms with Crippen molar-refractivity contribution >= 4 is 0 Å². The summed E-state index contributed by atoms with van der Waals surface area (Å²) in [5.74, 6) is 0.791. The summed E-state index contributed by atoms with van der Waals surface area (Å²) in [4.78, 5) is 0. The summed E-state index contributed by atoms with van der Waals surface area (Å²) in [5, 5.41) is 12.9. The fraction of sp³-hybridized carbons (Fsp3) is 0.667. The maximum atomic E-state index is 9.63. The zero-order valence-electron chi connectivity index (χ0n) is 9.39. The van der Waals surface area contributed by atoms with Gasteiger partial charge in [0, 0.05) is 12.6 Å². The first-order valence-corrected chi connectivity index (χ1v) is 5.86. The first-order valence-electron chi connectivity index (χ1n) is 5.86. The zero-order chi connectivity index (χ0) is 11.2. The molecule has 0 radical (unpaired) electrons. The molecule has 0 bridgehead atoms. The predicted molar refractivity (Wildman–Crippen MR) is 60.0 cm³/mol. The highest BCUT2D eigenvalue weighted by Gasteiger charge is 2.17. The summed E-state index contributed by atoms with van der Waals surface area (Å²) >= 11 is 0. The maximum absolute atomic E-state index is 9.63. The van der Waals surface area contributed by atoms with Crippen molar-refractivity contribution in [3.05, 3.63) is 24.2 Å². The Morgan fingerprint density at radius 2 is 2.44 bits per heavy atom. The molecule has 90 valence electrons. The van der Waals surface area contributed by atoms with Gasteiger partial charge in [-0.05, 0) is 25.0 Å². The standard InChI is InChI=1S/C12H19NO3/c14-11(7-13-10-3-1-4-10)8-15-9-12-5-2-6-16-12/h2,5-6,10-11,13-14H,1,3-4,7-9H2. The second-order valence-electron chi connectivity index (χ2n) is 4.28. The van der Waals surface area contributed by atoms with E-state index in [-0.39, 0.29) is 0 Å². The highest BCUT2D eigenvalue weighted by Crippen LogP contribution is 2.17. The van der Waals surface area contributed by atoms with Crippen LogP contribution in [0.4, 0.5) is 0 Å². The van der Waals surface area contributed by atoms with Crippen LogP contribution in [0.1, 0.15) is 25.0 Å². The summed E-state index contributed by atoms with van der Waals surface area (Å²) < 4.78 is 10.5. The second kappa shape index (κ2) is 6.03. The van der Waals surface area contributed by atoms with Crippen molar-refractivity contribution in [2.45, 2.75) is 38.0 Å². The quantitative estimate of drug-likeness (QED) is 0.734. The Morgan fingerprint density at radius 1 is 1.56 bits per heavy atom. The smallest absolute Gasteiger partial charge is 0.129 e. The number of hydrogen-bond donors (Lipinski definition) is 2. The van der Waals surface area contributed by atoms with E-state index < -0.39 is 6.10 Å². The molecule has 1 aliphatic rings. The van der Waals surface area contributed by atoms with Gasteiger partial charge in [-0.25, -0.2) is 0 Å². The van der Waals surface area contributed by atoms with E-state index in [9.17, 15) is 5.11 Å². The molecule has 4 heteroatoms. The van der Waals surface area contributed by atoms with E-state index in [0.717, 1.165) is 5.76 Å². The van der Waals surface area contributed by atoms with Crippen molar-refractivity contribution in [1.29, 1.82) is 0 Å². The normalized spacial score (nSPS) is 18.3. The lowest BCUT2D eigenvalue weighted by Gasteiger charge is -2.27. The summed E-state index contributed by atoms with van der Waals surface area (Å²) in [7, 11) is 0. The number of rotatable bonds is 7. The lowest BCUT2D eigenvalue weighted by molar-refractivity contribution is 0.0203. The van der Waals surface area contributed by atoms with Crippen LogP contribution in [-0.4, -0.2) is 30.4 Å². The van der Waals surface area contributed by atoms with Crippen LogP contribution < -0.4 is 5.32 Å². The molecular formula is C12H19NO3. The van der Waals surface area contributed by atoms with Gasteiger partial charge < -0.3 is 19.6 Å². The molecule has 1 aromatic rings. The van der Waals surface area contributed by atoms with Crippen molar-refractivity contribution < 1.29 is 14.3 Å². The van der Waals surface area contributed by atoms with Gasteiger partial charge in [0.1, 0.15) is 12.4 Å². The molecular weight excluding hydrogens is 206 g/mol. The Balaban J connectivity index is 1.51. The Labute approximate surface area is 95.6 Å². The first-order chi connectivity index (χ1) is 7.84. The van der Waals surface area contributed by atoms with Crippen LogP contribution in [0.3, 0.4) is 0 Å². The van der Waals surface area contributed by atoms with E-state index in [1.807, 2.05) is 12.1 Å². The molecule has 2 rings (SSSR count). The monoisotopic (exact) mass is 225 g/mol. The highest BCUT2D eigenvalue weighted by atomic mass is 16.5. The van der Waals surface area contributed by atoms with Gasteiger partial charge in [-0.2, -0.15) is 0 Å². The molecule has 0 amide bonds. The zero-order valence-corrected chi connectivity index (χ0v) is 9.39. The summed E-state index contributed by atoms with van der Waals surface area (Å²) in [6, 6.07) is 4.30. The van der Waals surface area contributed by atoms with Crippen LogP contribution in [0.25, 0.3) is 0 Å². The van der Waals surface area contributed by atoms with Crippen molar-refractivity contribution in [3.63, 3.8) is 0 Å². The number of hydrogen-bond acceptors (Lipinski definition) is 4. The Kier molecular flexibility index (Phi) is 4.39. The second-order valence-corrected chi connectivity index (χ2v) is 4.28. The molecule has 0 spiro atoms. The van der Waals surface area contributed by atoms with Crippen LogP contribution in [0.5, 0.6) is 0 Å². The van der Waals surface area contributed by atoms with E-state index in [4.69, 9.17) is 9.15 Å². The largest absolute Gasteiger partial charge is 0.467 e. The molecule has 0 saturated heterocycles. The molecule has 4 nitrogen and oxygen atoms in total. The minimum atomic E-state index is -0.435. The third-order valence-corrected chi connectivity index (χ3v) is 2.88. The SMILES string of the molecule is OC(CNC1CCC1)COCc1ccco1. The molecule has 2 N–H and O–H groups in total.